The van der Waals surface area contributed by atoms with E-state index in [1.807, 2.05) is 32.2 Å². The summed E-state index contributed by atoms with van der Waals surface area (Å²) in [5, 5.41) is 3.21. The van der Waals surface area contributed by atoms with Gasteiger partial charge < -0.3 is 10.1 Å². The first-order valence-electron chi connectivity index (χ1n) is 6.95. The minimum Gasteiger partial charge on any atom is -0.472 e. The molecule has 0 atom stereocenters. The van der Waals surface area contributed by atoms with E-state index in [2.05, 4.69) is 34.5 Å². The maximum atomic E-state index is 8.94. The number of nitrogens with one attached hydrogen (secondary N) is 2. The second-order valence-corrected chi connectivity index (χ2v) is 5.28. The number of amides is 1. The lowest BCUT2D eigenvalue weighted by atomic mass is 10.2. The Labute approximate surface area is 140 Å². The Bertz CT molecular complexity index is 601. The van der Waals surface area contributed by atoms with Crippen molar-refractivity contribution < 1.29 is 9.53 Å². The van der Waals surface area contributed by atoms with Gasteiger partial charge >= 0.3 is 0 Å². The van der Waals surface area contributed by atoms with Crippen LogP contribution in [0.1, 0.15) is 11.1 Å². The number of aryl methyl sites for hydroxylation is 1. The molecule has 6 nitrogen and oxygen atoms in total. The third-order valence-corrected chi connectivity index (χ3v) is 3.83. The monoisotopic (exact) mass is 334 g/mol. The minimum absolute atomic E-state index is 0.403. The first kappa shape index (κ1) is 18.8. The molecule has 0 radical (unpaired) electrons. The number of hydrogen-bond acceptors (Lipinski definition) is 6. The van der Waals surface area contributed by atoms with E-state index >= 15 is 0 Å². The Morgan fingerprint density at radius 1 is 1.35 bits per heavy atom. The van der Waals surface area contributed by atoms with Gasteiger partial charge in [-0.05, 0) is 31.4 Å². The van der Waals surface area contributed by atoms with Crippen molar-refractivity contribution in [2.45, 2.75) is 18.4 Å². The molecule has 0 unspecified atom stereocenters. The van der Waals surface area contributed by atoms with E-state index in [1.165, 1.54) is 10.5 Å². The van der Waals surface area contributed by atoms with E-state index in [-0.39, 0.29) is 0 Å². The highest BCUT2D eigenvalue weighted by Crippen LogP contribution is 2.28. The Morgan fingerprint density at radius 3 is 2.65 bits per heavy atom. The lowest BCUT2D eigenvalue weighted by Crippen LogP contribution is -2.18. The molecule has 2 rings (SSSR count). The van der Waals surface area contributed by atoms with E-state index in [0.717, 1.165) is 11.3 Å². The van der Waals surface area contributed by atoms with Gasteiger partial charge in [-0.3, -0.25) is 10.2 Å². The van der Waals surface area contributed by atoms with E-state index < -0.39 is 0 Å². The quantitative estimate of drug-likeness (QED) is 0.247. The summed E-state index contributed by atoms with van der Waals surface area (Å²) in [6.45, 7) is 2.52. The van der Waals surface area contributed by atoms with Crippen molar-refractivity contribution in [2.75, 3.05) is 18.6 Å². The molecule has 0 aliphatic heterocycles. The fourth-order valence-corrected chi connectivity index (χ4v) is 2.53. The van der Waals surface area contributed by atoms with Gasteiger partial charge in [0.15, 0.2) is 0 Å². The van der Waals surface area contributed by atoms with Crippen LogP contribution in [0, 0.1) is 6.92 Å². The zero-order chi connectivity index (χ0) is 17.1. The predicted molar refractivity (Wildman–Crippen MR) is 94.5 cm³/mol. The number of hydrazine groups is 1. The van der Waals surface area contributed by atoms with Crippen LogP contribution in [0.5, 0.6) is 5.88 Å². The van der Waals surface area contributed by atoms with Gasteiger partial charge in [0.25, 0.3) is 0 Å². The summed E-state index contributed by atoms with van der Waals surface area (Å²) < 4.78 is 5.84. The summed E-state index contributed by atoms with van der Waals surface area (Å²) >= 11 is 1.72. The van der Waals surface area contributed by atoms with Gasteiger partial charge in [-0.2, -0.15) is 0 Å². The SMILES string of the molecule is CNc1cccc(SC)c1COc1ncccc1C.NNC=O. The highest BCUT2D eigenvalue weighted by atomic mass is 32.2. The van der Waals surface area contributed by atoms with Crippen LogP contribution in [0.25, 0.3) is 0 Å². The zero-order valence-corrected chi connectivity index (χ0v) is 14.3. The van der Waals surface area contributed by atoms with E-state index in [0.29, 0.717) is 18.9 Å². The van der Waals surface area contributed by atoms with Gasteiger partial charge in [0.2, 0.25) is 12.3 Å². The normalized spacial score (nSPS) is 9.39. The molecule has 1 aromatic carbocycles. The third kappa shape index (κ3) is 5.80. The highest BCUT2D eigenvalue weighted by Gasteiger charge is 2.09. The molecule has 2 aromatic rings. The van der Waals surface area contributed by atoms with Crippen molar-refractivity contribution in [1.29, 1.82) is 0 Å². The number of aromatic nitrogens is 1. The van der Waals surface area contributed by atoms with Crippen molar-refractivity contribution in [2.24, 2.45) is 5.84 Å². The Morgan fingerprint density at radius 2 is 2.09 bits per heavy atom. The first-order chi connectivity index (χ1) is 11.2. The summed E-state index contributed by atoms with van der Waals surface area (Å²) in [7, 11) is 1.93. The number of nitrogens with two attached hydrogens (primary N) is 1. The molecule has 0 bridgehead atoms. The Kier molecular flexibility index (Phi) is 8.56. The molecule has 0 saturated heterocycles. The van der Waals surface area contributed by atoms with Gasteiger partial charge in [-0.15, -0.1) is 11.8 Å². The largest absolute Gasteiger partial charge is 0.472 e. The fourth-order valence-electron chi connectivity index (χ4n) is 1.90. The van der Waals surface area contributed by atoms with Gasteiger partial charge in [0.1, 0.15) is 6.61 Å². The molecule has 23 heavy (non-hydrogen) atoms. The minimum atomic E-state index is 0.403. The van der Waals surface area contributed by atoms with Crippen LogP contribution in [0.4, 0.5) is 5.69 Å². The van der Waals surface area contributed by atoms with E-state index in [4.69, 9.17) is 9.53 Å². The summed E-state index contributed by atoms with van der Waals surface area (Å²) in [4.78, 5) is 14.4. The molecule has 7 heteroatoms. The average Bonchev–Trinajstić information content (AvgIpc) is 2.60. The summed E-state index contributed by atoms with van der Waals surface area (Å²) in [6.07, 6.45) is 4.23. The molecule has 1 heterocycles. The van der Waals surface area contributed by atoms with Crippen LogP contribution < -0.4 is 21.3 Å². The molecule has 0 saturated carbocycles. The number of anilines is 1. The second-order valence-electron chi connectivity index (χ2n) is 4.44. The molecule has 4 N–H and O–H groups in total. The number of hydrogen-bond donors (Lipinski definition) is 3. The van der Waals surface area contributed by atoms with Gasteiger partial charge in [0.05, 0.1) is 0 Å². The van der Waals surface area contributed by atoms with Crippen LogP contribution >= 0.6 is 11.8 Å². The van der Waals surface area contributed by atoms with Crippen molar-refractivity contribution >= 4 is 23.9 Å². The van der Waals surface area contributed by atoms with Crippen LogP contribution in [-0.2, 0) is 11.4 Å². The molecular formula is C16H22N4O2S. The lowest BCUT2D eigenvalue weighted by molar-refractivity contribution is -0.109. The number of pyridine rings is 1. The third-order valence-electron chi connectivity index (χ3n) is 3.00. The van der Waals surface area contributed by atoms with Crippen LogP contribution in [0.2, 0.25) is 0 Å². The number of rotatable bonds is 6. The van der Waals surface area contributed by atoms with Crippen molar-refractivity contribution in [3.8, 4) is 5.88 Å². The predicted octanol–water partition coefficient (Wildman–Crippen LogP) is 2.34. The van der Waals surface area contributed by atoms with Gasteiger partial charge in [0, 0.05) is 35.0 Å². The molecule has 1 aromatic heterocycles. The van der Waals surface area contributed by atoms with Crippen LogP contribution in [0.15, 0.2) is 41.4 Å². The van der Waals surface area contributed by atoms with Crippen molar-refractivity contribution in [3.63, 3.8) is 0 Å². The highest BCUT2D eigenvalue weighted by molar-refractivity contribution is 7.98. The lowest BCUT2D eigenvalue weighted by Gasteiger charge is -2.14. The molecule has 0 fully saturated rings. The standard InChI is InChI=1S/C15H18N2OS.CH4N2O/c1-11-6-5-9-17-15(11)18-10-12-13(16-2)7-4-8-14(12)19-3;2-3-1-4/h4-9,16H,10H2,1-3H3;1H,2H2,(H,3,4). The average molecular weight is 334 g/mol. The second kappa shape index (κ2) is 10.5. The summed E-state index contributed by atoms with van der Waals surface area (Å²) in [5.41, 5.74) is 5.07. The molecule has 0 aliphatic carbocycles. The molecule has 124 valence electrons. The summed E-state index contributed by atoms with van der Waals surface area (Å²) in [5.74, 6) is 5.10. The van der Waals surface area contributed by atoms with Crippen LogP contribution in [-0.4, -0.2) is 24.7 Å². The number of benzene rings is 1. The molecular weight excluding hydrogens is 312 g/mol. The number of nitrogens with zero attached hydrogens (tertiary/aromatic N) is 1. The number of carbonyl (C=O) groups excluding carboxylic acids is 1. The topological polar surface area (TPSA) is 89.3 Å². The number of carbonyl (C=O) groups is 1. The van der Waals surface area contributed by atoms with Gasteiger partial charge in [-0.25, -0.2) is 10.8 Å². The number of thioether (sulfide) groups is 1. The van der Waals surface area contributed by atoms with E-state index in [1.54, 1.807) is 23.4 Å². The summed E-state index contributed by atoms with van der Waals surface area (Å²) in [6, 6.07) is 10.1. The van der Waals surface area contributed by atoms with E-state index in [9.17, 15) is 0 Å². The first-order valence-corrected chi connectivity index (χ1v) is 8.18. The van der Waals surface area contributed by atoms with Gasteiger partial charge in [-0.1, -0.05) is 12.1 Å². The smallest absolute Gasteiger partial charge is 0.221 e. The zero-order valence-electron chi connectivity index (χ0n) is 13.5. The Hall–Kier alpha value is -2.25. The van der Waals surface area contributed by atoms with Crippen molar-refractivity contribution in [3.05, 3.63) is 47.7 Å². The fraction of sp³-hybridized carbons (Fsp3) is 0.250. The Balaban J connectivity index is 0.000000593. The number of ether oxygens (including phenoxy) is 1. The molecule has 0 aliphatic rings. The van der Waals surface area contributed by atoms with Crippen LogP contribution in [0.3, 0.4) is 0 Å². The maximum absolute atomic E-state index is 8.94. The molecule has 1 amide bonds. The molecule has 0 spiro atoms. The maximum Gasteiger partial charge on any atom is 0.221 e. The van der Waals surface area contributed by atoms with Crippen molar-refractivity contribution in [1.82, 2.24) is 10.4 Å².